The van der Waals surface area contributed by atoms with Gasteiger partial charge in [0.05, 0.1) is 0 Å². The molecule has 1 heterocycles. The summed E-state index contributed by atoms with van der Waals surface area (Å²) < 4.78 is 41.9. The number of ether oxygens (including phenoxy) is 1. The normalized spacial score (nSPS) is 19.0. The van der Waals surface area contributed by atoms with Gasteiger partial charge < -0.3 is 15.2 Å². The highest BCUT2D eigenvalue weighted by Gasteiger charge is 2.44. The fourth-order valence-corrected chi connectivity index (χ4v) is 2.39. The second kappa shape index (κ2) is 8.39. The Hall–Kier alpha value is -2.30. The Labute approximate surface area is 148 Å². The van der Waals surface area contributed by atoms with Crippen molar-refractivity contribution in [2.45, 2.75) is 31.6 Å². The minimum atomic E-state index is -4.61. The Balaban J connectivity index is 2.98. The van der Waals surface area contributed by atoms with E-state index in [0.717, 1.165) is 4.90 Å². The van der Waals surface area contributed by atoms with Crippen LogP contribution in [0.5, 0.6) is 0 Å². The van der Waals surface area contributed by atoms with Crippen molar-refractivity contribution in [3.8, 4) is 0 Å². The third kappa shape index (κ3) is 5.61. The SMILES string of the molecule is C=CCOC(=O)N1CCN(C(C)(C)C(=O)O)C[C@H]1C(=O)NCC(F)(F)F. The molecule has 26 heavy (non-hydrogen) atoms. The summed E-state index contributed by atoms with van der Waals surface area (Å²) in [5, 5.41) is 11.0. The summed E-state index contributed by atoms with van der Waals surface area (Å²) in [5.41, 5.74) is -1.36. The average molecular weight is 381 g/mol. The van der Waals surface area contributed by atoms with Crippen LogP contribution in [0.15, 0.2) is 12.7 Å². The van der Waals surface area contributed by atoms with Crippen LogP contribution in [0.1, 0.15) is 13.8 Å². The third-order valence-electron chi connectivity index (χ3n) is 4.02. The minimum absolute atomic E-state index is 0.0726. The topological polar surface area (TPSA) is 99.2 Å². The van der Waals surface area contributed by atoms with Gasteiger partial charge in [-0.2, -0.15) is 13.2 Å². The maximum Gasteiger partial charge on any atom is 0.410 e. The number of carbonyl (C=O) groups is 3. The summed E-state index contributed by atoms with van der Waals surface area (Å²) in [6, 6.07) is -1.32. The lowest BCUT2D eigenvalue weighted by molar-refractivity contribution is -0.153. The average Bonchev–Trinajstić information content (AvgIpc) is 2.56. The summed E-state index contributed by atoms with van der Waals surface area (Å²) in [6.07, 6.45) is -4.19. The highest BCUT2D eigenvalue weighted by atomic mass is 19.4. The van der Waals surface area contributed by atoms with Gasteiger partial charge in [0.25, 0.3) is 0 Å². The van der Waals surface area contributed by atoms with E-state index >= 15 is 0 Å². The Morgan fingerprint density at radius 1 is 1.31 bits per heavy atom. The number of halogens is 3. The molecular weight excluding hydrogens is 359 g/mol. The molecule has 8 nitrogen and oxygen atoms in total. The van der Waals surface area contributed by atoms with Crippen molar-refractivity contribution in [2.75, 3.05) is 32.8 Å². The van der Waals surface area contributed by atoms with Gasteiger partial charge in [-0.3, -0.25) is 19.4 Å². The van der Waals surface area contributed by atoms with E-state index in [4.69, 9.17) is 4.74 Å². The summed E-state index contributed by atoms with van der Waals surface area (Å²) in [7, 11) is 0. The first-order chi connectivity index (χ1) is 11.9. The monoisotopic (exact) mass is 381 g/mol. The Bertz CT molecular complexity index is 565. The molecule has 0 saturated carbocycles. The summed E-state index contributed by atoms with van der Waals surface area (Å²) in [5.74, 6) is -2.20. The molecule has 1 rings (SSSR count). The van der Waals surface area contributed by atoms with E-state index in [1.165, 1.54) is 24.8 Å². The van der Waals surface area contributed by atoms with E-state index < -0.39 is 42.3 Å². The molecule has 0 unspecified atom stereocenters. The van der Waals surface area contributed by atoms with Crippen LogP contribution in [-0.2, 0) is 14.3 Å². The van der Waals surface area contributed by atoms with Crippen LogP contribution in [0.25, 0.3) is 0 Å². The maximum absolute atomic E-state index is 12.4. The Kier molecular flexibility index (Phi) is 7.01. The van der Waals surface area contributed by atoms with Crippen molar-refractivity contribution in [1.29, 1.82) is 0 Å². The zero-order valence-electron chi connectivity index (χ0n) is 14.5. The number of hydrogen-bond acceptors (Lipinski definition) is 5. The molecule has 0 radical (unpaired) electrons. The van der Waals surface area contributed by atoms with E-state index in [-0.39, 0.29) is 26.2 Å². The Morgan fingerprint density at radius 2 is 1.92 bits per heavy atom. The van der Waals surface area contributed by atoms with Crippen molar-refractivity contribution in [1.82, 2.24) is 15.1 Å². The van der Waals surface area contributed by atoms with Crippen molar-refractivity contribution in [3.63, 3.8) is 0 Å². The lowest BCUT2D eigenvalue weighted by Gasteiger charge is -2.44. The Morgan fingerprint density at radius 3 is 2.42 bits per heavy atom. The summed E-state index contributed by atoms with van der Waals surface area (Å²) in [6.45, 7) is 4.31. The number of alkyl halides is 3. The molecule has 0 aliphatic carbocycles. The van der Waals surface area contributed by atoms with Gasteiger partial charge in [-0.05, 0) is 13.8 Å². The largest absolute Gasteiger partial charge is 0.480 e. The van der Waals surface area contributed by atoms with E-state index in [1.807, 2.05) is 0 Å². The van der Waals surface area contributed by atoms with Crippen molar-refractivity contribution in [2.24, 2.45) is 0 Å². The predicted octanol–water partition coefficient (Wildman–Crippen LogP) is 0.837. The van der Waals surface area contributed by atoms with Crippen LogP contribution < -0.4 is 5.32 Å². The quantitative estimate of drug-likeness (QED) is 0.662. The van der Waals surface area contributed by atoms with E-state index in [1.54, 1.807) is 5.32 Å². The molecule has 2 amide bonds. The number of aliphatic carboxylic acids is 1. The van der Waals surface area contributed by atoms with Crippen molar-refractivity contribution < 1.29 is 37.4 Å². The molecule has 0 aromatic heterocycles. The number of carboxylic acids is 1. The highest BCUT2D eigenvalue weighted by molar-refractivity contribution is 5.86. The summed E-state index contributed by atoms with van der Waals surface area (Å²) >= 11 is 0. The highest BCUT2D eigenvalue weighted by Crippen LogP contribution is 2.22. The molecule has 11 heteroatoms. The van der Waals surface area contributed by atoms with Crippen LogP contribution in [0.2, 0.25) is 0 Å². The molecule has 1 saturated heterocycles. The number of hydrogen-bond donors (Lipinski definition) is 2. The van der Waals surface area contributed by atoms with Gasteiger partial charge in [-0.25, -0.2) is 4.79 Å². The number of carbonyl (C=O) groups excluding carboxylic acids is 2. The zero-order chi connectivity index (χ0) is 20.1. The van der Waals surface area contributed by atoms with Gasteiger partial charge in [0.15, 0.2) is 0 Å². The standard InChI is InChI=1S/C15H22F3N3O5/c1-4-7-26-13(25)21-6-5-20(14(2,3)12(23)24)8-10(21)11(22)19-9-15(16,17)18/h4,10H,1,5-9H2,2-3H3,(H,19,22)(H,23,24)/t10-/m0/s1. The van der Waals surface area contributed by atoms with Gasteiger partial charge in [0, 0.05) is 19.6 Å². The fourth-order valence-electron chi connectivity index (χ4n) is 2.39. The molecule has 0 bridgehead atoms. The molecule has 0 aromatic rings. The van der Waals surface area contributed by atoms with E-state index in [9.17, 15) is 32.7 Å². The molecular formula is C15H22F3N3O5. The van der Waals surface area contributed by atoms with E-state index in [0.29, 0.717) is 0 Å². The maximum atomic E-state index is 12.4. The van der Waals surface area contributed by atoms with Gasteiger partial charge in [-0.15, -0.1) is 0 Å². The molecule has 0 spiro atoms. The van der Waals surface area contributed by atoms with Gasteiger partial charge in [0.2, 0.25) is 5.91 Å². The van der Waals surface area contributed by atoms with Gasteiger partial charge in [-0.1, -0.05) is 12.7 Å². The smallest absolute Gasteiger partial charge is 0.410 e. The zero-order valence-corrected chi connectivity index (χ0v) is 14.5. The van der Waals surface area contributed by atoms with Gasteiger partial charge in [0.1, 0.15) is 24.7 Å². The first-order valence-electron chi connectivity index (χ1n) is 7.77. The third-order valence-corrected chi connectivity index (χ3v) is 4.02. The first kappa shape index (κ1) is 21.7. The molecule has 0 aromatic carbocycles. The first-order valence-corrected chi connectivity index (χ1v) is 7.77. The number of nitrogens with zero attached hydrogens (tertiary/aromatic N) is 2. The molecule has 148 valence electrons. The van der Waals surface area contributed by atoms with Crippen LogP contribution in [0.3, 0.4) is 0 Å². The van der Waals surface area contributed by atoms with E-state index in [2.05, 4.69) is 6.58 Å². The lowest BCUT2D eigenvalue weighted by atomic mass is 9.99. The number of carboxylic acid groups (broad SMARTS) is 1. The second-order valence-corrected chi connectivity index (χ2v) is 6.22. The fraction of sp³-hybridized carbons (Fsp3) is 0.667. The molecule has 1 atom stereocenters. The minimum Gasteiger partial charge on any atom is -0.480 e. The number of amides is 2. The molecule has 1 aliphatic rings. The summed E-state index contributed by atoms with van der Waals surface area (Å²) in [4.78, 5) is 38.1. The number of nitrogens with one attached hydrogen (secondary N) is 1. The van der Waals surface area contributed by atoms with Gasteiger partial charge >= 0.3 is 18.2 Å². The lowest BCUT2D eigenvalue weighted by Crippen LogP contribution is -2.66. The van der Waals surface area contributed by atoms with Crippen LogP contribution >= 0.6 is 0 Å². The van der Waals surface area contributed by atoms with Crippen LogP contribution in [0, 0.1) is 0 Å². The van der Waals surface area contributed by atoms with Crippen molar-refractivity contribution >= 4 is 18.0 Å². The predicted molar refractivity (Wildman–Crippen MR) is 84.4 cm³/mol. The van der Waals surface area contributed by atoms with Crippen LogP contribution in [0.4, 0.5) is 18.0 Å². The molecule has 2 N–H and O–H groups in total. The molecule has 1 aliphatic heterocycles. The van der Waals surface area contributed by atoms with Crippen molar-refractivity contribution in [3.05, 3.63) is 12.7 Å². The number of piperazine rings is 1. The molecule has 1 fully saturated rings. The number of rotatable bonds is 6. The van der Waals surface area contributed by atoms with Crippen LogP contribution in [-0.4, -0.2) is 83.4 Å². The second-order valence-electron chi connectivity index (χ2n) is 6.22.